The van der Waals surface area contributed by atoms with Crippen LogP contribution < -0.4 is 15.4 Å². The van der Waals surface area contributed by atoms with Gasteiger partial charge in [-0.25, -0.2) is 13.1 Å². The van der Waals surface area contributed by atoms with E-state index < -0.39 is 10.0 Å². The number of rotatable bonds is 7. The van der Waals surface area contributed by atoms with Gasteiger partial charge in [-0.1, -0.05) is 12.1 Å². The third-order valence-electron chi connectivity index (χ3n) is 4.74. The Balaban J connectivity index is 1.54. The minimum Gasteiger partial charge on any atom is -0.326 e. The quantitative estimate of drug-likeness (QED) is 0.647. The topological polar surface area (TPSA) is 104 Å². The zero-order valence-electron chi connectivity index (χ0n) is 16.3. The number of anilines is 2. The van der Waals surface area contributed by atoms with Crippen LogP contribution in [0.15, 0.2) is 47.4 Å². The molecule has 2 aromatic rings. The van der Waals surface area contributed by atoms with Gasteiger partial charge in [0.25, 0.3) is 0 Å². The predicted octanol–water partition coefficient (Wildman–Crippen LogP) is 2.83. The molecule has 154 valence electrons. The van der Waals surface area contributed by atoms with Gasteiger partial charge < -0.3 is 10.6 Å². The first-order chi connectivity index (χ1) is 13.8. The first-order valence-corrected chi connectivity index (χ1v) is 11.1. The number of benzene rings is 2. The van der Waals surface area contributed by atoms with Crippen LogP contribution in [0.25, 0.3) is 0 Å². The van der Waals surface area contributed by atoms with E-state index in [2.05, 4.69) is 15.4 Å². The van der Waals surface area contributed by atoms with E-state index in [0.29, 0.717) is 11.4 Å². The van der Waals surface area contributed by atoms with Crippen LogP contribution in [-0.4, -0.2) is 26.8 Å². The molecule has 29 heavy (non-hydrogen) atoms. The smallest absolute Gasteiger partial charge is 0.240 e. The van der Waals surface area contributed by atoms with Gasteiger partial charge >= 0.3 is 0 Å². The van der Waals surface area contributed by atoms with E-state index in [-0.39, 0.29) is 29.7 Å². The average molecular weight is 416 g/mol. The highest BCUT2D eigenvalue weighted by Crippen LogP contribution is 2.24. The maximum Gasteiger partial charge on any atom is 0.240 e. The van der Waals surface area contributed by atoms with Crippen molar-refractivity contribution in [3.63, 3.8) is 0 Å². The molecule has 0 atom stereocenters. The van der Waals surface area contributed by atoms with Gasteiger partial charge in [-0.2, -0.15) is 0 Å². The maximum absolute atomic E-state index is 12.5. The van der Waals surface area contributed by atoms with Gasteiger partial charge in [0.05, 0.1) is 4.90 Å². The summed E-state index contributed by atoms with van der Waals surface area (Å²) in [5.74, 6) is -0.525. The SMILES string of the molecule is CC(=O)Nc1cccc(NC(=O)CCNS(=O)(=O)c2ccc3c(c2)CCCC3)c1. The van der Waals surface area contributed by atoms with Crippen LogP contribution in [0.5, 0.6) is 0 Å². The zero-order valence-corrected chi connectivity index (χ0v) is 17.1. The standard InChI is InChI=1S/C21H25N3O4S/c1-15(25)23-18-7-4-8-19(14-18)24-21(26)11-12-22-29(27,28)20-10-9-16-5-2-3-6-17(16)13-20/h4,7-10,13-14,22H,2-3,5-6,11-12H2,1H3,(H,23,25)(H,24,26). The van der Waals surface area contributed by atoms with Crippen molar-refractivity contribution in [3.8, 4) is 0 Å². The van der Waals surface area contributed by atoms with Crippen LogP contribution in [0.1, 0.15) is 37.3 Å². The second-order valence-corrected chi connectivity index (χ2v) is 8.86. The number of carbonyl (C=O) groups is 2. The summed E-state index contributed by atoms with van der Waals surface area (Å²) >= 11 is 0. The highest BCUT2D eigenvalue weighted by Gasteiger charge is 2.18. The van der Waals surface area contributed by atoms with Crippen molar-refractivity contribution >= 4 is 33.2 Å². The normalized spacial score (nSPS) is 13.4. The second-order valence-electron chi connectivity index (χ2n) is 7.10. The second kappa shape index (κ2) is 9.19. The van der Waals surface area contributed by atoms with E-state index in [1.807, 2.05) is 6.07 Å². The first-order valence-electron chi connectivity index (χ1n) is 9.62. The number of carbonyl (C=O) groups excluding carboxylic acids is 2. The summed E-state index contributed by atoms with van der Waals surface area (Å²) in [6, 6.07) is 12.0. The summed E-state index contributed by atoms with van der Waals surface area (Å²) in [5, 5.41) is 5.34. The van der Waals surface area contributed by atoms with Crippen LogP contribution in [0, 0.1) is 0 Å². The molecule has 0 heterocycles. The summed E-state index contributed by atoms with van der Waals surface area (Å²) in [6.07, 6.45) is 4.10. The molecule has 0 unspecified atom stereocenters. The molecule has 0 aliphatic heterocycles. The molecule has 0 saturated heterocycles. The number of nitrogens with one attached hydrogen (secondary N) is 3. The van der Waals surface area contributed by atoms with E-state index in [9.17, 15) is 18.0 Å². The lowest BCUT2D eigenvalue weighted by molar-refractivity contribution is -0.116. The molecule has 0 radical (unpaired) electrons. The van der Waals surface area contributed by atoms with Crippen molar-refractivity contribution in [1.29, 1.82) is 0 Å². The van der Waals surface area contributed by atoms with Crippen LogP contribution >= 0.6 is 0 Å². The Morgan fingerprint density at radius 3 is 2.34 bits per heavy atom. The fraction of sp³-hybridized carbons (Fsp3) is 0.333. The molecule has 7 nitrogen and oxygen atoms in total. The highest BCUT2D eigenvalue weighted by molar-refractivity contribution is 7.89. The van der Waals surface area contributed by atoms with Crippen molar-refractivity contribution in [2.24, 2.45) is 0 Å². The summed E-state index contributed by atoms with van der Waals surface area (Å²) in [6.45, 7) is 1.40. The van der Waals surface area contributed by atoms with E-state index >= 15 is 0 Å². The van der Waals surface area contributed by atoms with Gasteiger partial charge in [-0.05, 0) is 67.1 Å². The molecule has 1 aliphatic carbocycles. The van der Waals surface area contributed by atoms with Crippen molar-refractivity contribution in [3.05, 3.63) is 53.6 Å². The third kappa shape index (κ3) is 5.88. The Bertz CT molecular complexity index is 1020. The fourth-order valence-electron chi connectivity index (χ4n) is 3.36. The molecule has 8 heteroatoms. The Hall–Kier alpha value is -2.71. The summed E-state index contributed by atoms with van der Waals surface area (Å²) in [7, 11) is -3.66. The van der Waals surface area contributed by atoms with E-state index in [1.165, 1.54) is 12.5 Å². The lowest BCUT2D eigenvalue weighted by atomic mass is 9.92. The van der Waals surface area contributed by atoms with Crippen LogP contribution in [0.2, 0.25) is 0 Å². The van der Waals surface area contributed by atoms with Gasteiger partial charge in [0, 0.05) is 31.3 Å². The molecule has 1 aliphatic rings. The minimum absolute atomic E-state index is 0.00334. The lowest BCUT2D eigenvalue weighted by Gasteiger charge is -2.16. The molecule has 3 N–H and O–H groups in total. The third-order valence-corrected chi connectivity index (χ3v) is 6.20. The molecule has 0 fully saturated rings. The molecule has 0 spiro atoms. The minimum atomic E-state index is -3.66. The van der Waals surface area contributed by atoms with Gasteiger partial charge in [-0.15, -0.1) is 0 Å². The van der Waals surface area contributed by atoms with Crippen molar-refractivity contribution in [2.45, 2.75) is 43.9 Å². The molecule has 3 rings (SSSR count). The number of sulfonamides is 1. The molecule has 0 bridgehead atoms. The van der Waals surface area contributed by atoms with Crippen LogP contribution in [-0.2, 0) is 32.5 Å². The Morgan fingerprint density at radius 1 is 0.931 bits per heavy atom. The predicted molar refractivity (Wildman–Crippen MR) is 112 cm³/mol. The van der Waals surface area contributed by atoms with Crippen molar-refractivity contribution in [2.75, 3.05) is 17.2 Å². The monoisotopic (exact) mass is 415 g/mol. The highest BCUT2D eigenvalue weighted by atomic mass is 32.2. The average Bonchev–Trinajstić information content (AvgIpc) is 2.67. The molecular weight excluding hydrogens is 390 g/mol. The Morgan fingerprint density at radius 2 is 1.62 bits per heavy atom. The molecule has 2 amide bonds. The molecule has 2 aromatic carbocycles. The lowest BCUT2D eigenvalue weighted by Crippen LogP contribution is -2.28. The van der Waals surface area contributed by atoms with E-state index in [1.54, 1.807) is 36.4 Å². The maximum atomic E-state index is 12.5. The van der Waals surface area contributed by atoms with Gasteiger partial charge in [0.2, 0.25) is 21.8 Å². The van der Waals surface area contributed by atoms with Crippen molar-refractivity contribution < 1.29 is 18.0 Å². The molecular formula is C21H25N3O4S. The molecule has 0 saturated carbocycles. The van der Waals surface area contributed by atoms with E-state index in [4.69, 9.17) is 0 Å². The number of hydrogen-bond acceptors (Lipinski definition) is 4. The number of fused-ring (bicyclic) bond motifs is 1. The van der Waals surface area contributed by atoms with Crippen LogP contribution in [0.4, 0.5) is 11.4 Å². The van der Waals surface area contributed by atoms with Gasteiger partial charge in [0.15, 0.2) is 0 Å². The first kappa shape index (κ1) is 21.0. The Labute approximate surface area is 171 Å². The zero-order chi connectivity index (χ0) is 20.9. The largest absolute Gasteiger partial charge is 0.326 e. The summed E-state index contributed by atoms with van der Waals surface area (Å²) < 4.78 is 27.5. The number of amides is 2. The Kier molecular flexibility index (Phi) is 6.66. The van der Waals surface area contributed by atoms with Gasteiger partial charge in [-0.3, -0.25) is 9.59 Å². The van der Waals surface area contributed by atoms with Crippen molar-refractivity contribution in [1.82, 2.24) is 4.72 Å². The summed E-state index contributed by atoms with van der Waals surface area (Å²) in [5.41, 5.74) is 3.41. The van der Waals surface area contributed by atoms with Gasteiger partial charge in [0.1, 0.15) is 0 Å². The fourth-order valence-corrected chi connectivity index (χ4v) is 4.44. The number of hydrogen-bond donors (Lipinski definition) is 3. The summed E-state index contributed by atoms with van der Waals surface area (Å²) in [4.78, 5) is 23.5. The molecule has 0 aromatic heterocycles. The number of aryl methyl sites for hydroxylation is 2. The van der Waals surface area contributed by atoms with E-state index in [0.717, 1.165) is 31.2 Å². The van der Waals surface area contributed by atoms with Crippen LogP contribution in [0.3, 0.4) is 0 Å².